The molecular formula is C13H11F2NOS. The molecule has 2 aromatic rings. The van der Waals surface area contributed by atoms with E-state index in [1.165, 1.54) is 18.0 Å². The van der Waals surface area contributed by atoms with E-state index in [2.05, 4.69) is 4.72 Å². The van der Waals surface area contributed by atoms with Crippen molar-refractivity contribution in [3.63, 3.8) is 0 Å². The summed E-state index contributed by atoms with van der Waals surface area (Å²) in [6.07, 6.45) is 0. The first-order valence-corrected chi connectivity index (χ1v) is 6.25. The van der Waals surface area contributed by atoms with Gasteiger partial charge in [-0.2, -0.15) is 4.39 Å². The van der Waals surface area contributed by atoms with Gasteiger partial charge in [-0.1, -0.05) is 30.3 Å². The van der Waals surface area contributed by atoms with Crippen molar-refractivity contribution >= 4 is 17.6 Å². The van der Waals surface area contributed by atoms with E-state index in [0.717, 1.165) is 11.6 Å². The summed E-state index contributed by atoms with van der Waals surface area (Å²) < 4.78 is 29.2. The van der Waals surface area contributed by atoms with Crippen LogP contribution in [-0.4, -0.2) is 5.11 Å². The normalized spacial score (nSPS) is 10.3. The van der Waals surface area contributed by atoms with Crippen LogP contribution in [0.1, 0.15) is 5.56 Å². The molecule has 0 aliphatic carbocycles. The summed E-state index contributed by atoms with van der Waals surface area (Å²) in [5.41, 5.74) is 1.10. The summed E-state index contributed by atoms with van der Waals surface area (Å²) in [6.45, 7) is 0. The second kappa shape index (κ2) is 5.73. The number of phenols is 1. The zero-order valence-corrected chi connectivity index (χ0v) is 10.2. The van der Waals surface area contributed by atoms with Gasteiger partial charge in [0.05, 0.1) is 5.69 Å². The highest BCUT2D eigenvalue weighted by Gasteiger charge is 2.12. The molecule has 0 radical (unpaired) electrons. The van der Waals surface area contributed by atoms with Gasteiger partial charge in [0.2, 0.25) is 5.82 Å². The van der Waals surface area contributed by atoms with Crippen molar-refractivity contribution in [3.8, 4) is 5.75 Å². The number of phenolic OH excluding ortho intramolecular Hbond substituents is 1. The largest absolute Gasteiger partial charge is 0.505 e. The number of anilines is 1. The maximum atomic E-state index is 13.4. The monoisotopic (exact) mass is 267 g/mol. The van der Waals surface area contributed by atoms with Crippen LogP contribution < -0.4 is 4.72 Å². The van der Waals surface area contributed by atoms with Gasteiger partial charge in [0.25, 0.3) is 0 Å². The molecule has 0 aromatic heterocycles. The summed E-state index contributed by atoms with van der Waals surface area (Å²) in [6, 6.07) is 12.0. The lowest BCUT2D eigenvalue weighted by molar-refractivity contribution is 0.408. The molecule has 0 saturated carbocycles. The molecule has 5 heteroatoms. The van der Waals surface area contributed by atoms with Crippen LogP contribution in [0.15, 0.2) is 42.5 Å². The lowest BCUT2D eigenvalue weighted by Gasteiger charge is -2.07. The minimum atomic E-state index is -1.24. The van der Waals surface area contributed by atoms with Crippen LogP contribution in [0.25, 0.3) is 0 Å². The number of hydrogen-bond acceptors (Lipinski definition) is 3. The molecule has 2 nitrogen and oxygen atoms in total. The molecule has 94 valence electrons. The molecule has 2 N–H and O–H groups in total. The molecule has 2 aromatic carbocycles. The third kappa shape index (κ3) is 2.92. The minimum Gasteiger partial charge on any atom is -0.505 e. The number of benzene rings is 2. The second-order valence-electron chi connectivity index (χ2n) is 3.64. The Morgan fingerprint density at radius 1 is 1.00 bits per heavy atom. The zero-order valence-electron chi connectivity index (χ0n) is 9.36. The molecule has 18 heavy (non-hydrogen) atoms. The Morgan fingerprint density at radius 3 is 2.44 bits per heavy atom. The molecule has 0 atom stereocenters. The van der Waals surface area contributed by atoms with Crippen molar-refractivity contribution in [2.45, 2.75) is 5.75 Å². The van der Waals surface area contributed by atoms with Gasteiger partial charge < -0.3 is 9.83 Å². The first-order valence-electron chi connectivity index (χ1n) is 5.27. The summed E-state index contributed by atoms with van der Waals surface area (Å²) in [5.74, 6) is -2.37. The fourth-order valence-electron chi connectivity index (χ4n) is 1.39. The number of hydrogen-bond donors (Lipinski definition) is 2. The Kier molecular flexibility index (Phi) is 4.04. The summed E-state index contributed by atoms with van der Waals surface area (Å²) in [7, 11) is 0. The van der Waals surface area contributed by atoms with E-state index >= 15 is 0 Å². The highest BCUT2D eigenvalue weighted by atomic mass is 32.2. The van der Waals surface area contributed by atoms with E-state index in [1.54, 1.807) is 0 Å². The van der Waals surface area contributed by atoms with Crippen LogP contribution in [0.3, 0.4) is 0 Å². The summed E-state index contributed by atoms with van der Waals surface area (Å²) in [5, 5.41) is 8.98. The van der Waals surface area contributed by atoms with E-state index < -0.39 is 17.4 Å². The lowest BCUT2D eigenvalue weighted by Crippen LogP contribution is -1.95. The standard InChI is InChI=1S/C13H11F2NOS/c14-12-10(6-7-11(17)13(12)15)16-18-8-9-4-2-1-3-5-9/h1-7,16-17H,8H2. The highest BCUT2D eigenvalue weighted by molar-refractivity contribution is 7.99. The molecule has 0 aliphatic heterocycles. The number of nitrogens with one attached hydrogen (secondary N) is 1. The van der Waals surface area contributed by atoms with Gasteiger partial charge in [-0.25, -0.2) is 4.39 Å². The van der Waals surface area contributed by atoms with Crippen molar-refractivity contribution in [2.75, 3.05) is 4.72 Å². The van der Waals surface area contributed by atoms with E-state index in [1.807, 2.05) is 30.3 Å². The van der Waals surface area contributed by atoms with Gasteiger partial charge in [-0.05, 0) is 29.6 Å². The number of halogens is 2. The van der Waals surface area contributed by atoms with Crippen LogP contribution in [0.5, 0.6) is 5.75 Å². The molecule has 2 rings (SSSR count). The SMILES string of the molecule is Oc1ccc(NSCc2ccccc2)c(F)c1F. The maximum absolute atomic E-state index is 13.4. The molecular weight excluding hydrogens is 256 g/mol. The molecule has 0 unspecified atom stereocenters. The van der Waals surface area contributed by atoms with Crippen molar-refractivity contribution in [3.05, 3.63) is 59.7 Å². The first-order chi connectivity index (χ1) is 8.68. The third-order valence-corrected chi connectivity index (χ3v) is 3.17. The minimum absolute atomic E-state index is 0.0197. The van der Waals surface area contributed by atoms with E-state index in [-0.39, 0.29) is 5.69 Å². The van der Waals surface area contributed by atoms with Crippen molar-refractivity contribution in [1.29, 1.82) is 0 Å². The van der Waals surface area contributed by atoms with Crippen LogP contribution in [0, 0.1) is 11.6 Å². The first kappa shape index (κ1) is 12.7. The maximum Gasteiger partial charge on any atom is 0.202 e. The van der Waals surface area contributed by atoms with Crippen LogP contribution in [0.2, 0.25) is 0 Å². The van der Waals surface area contributed by atoms with Crippen molar-refractivity contribution in [1.82, 2.24) is 0 Å². The predicted octanol–water partition coefficient (Wildman–Crippen LogP) is 3.93. The molecule has 0 spiro atoms. The molecule has 0 aliphatic rings. The predicted molar refractivity (Wildman–Crippen MR) is 69.4 cm³/mol. The van der Waals surface area contributed by atoms with Crippen LogP contribution in [-0.2, 0) is 5.75 Å². The second-order valence-corrected chi connectivity index (χ2v) is 4.42. The summed E-state index contributed by atoms with van der Waals surface area (Å²) >= 11 is 1.25. The van der Waals surface area contributed by atoms with Gasteiger partial charge in [-0.3, -0.25) is 0 Å². The van der Waals surface area contributed by atoms with Crippen molar-refractivity contribution in [2.24, 2.45) is 0 Å². The topological polar surface area (TPSA) is 32.3 Å². The smallest absolute Gasteiger partial charge is 0.202 e. The fraction of sp³-hybridized carbons (Fsp3) is 0.0769. The lowest BCUT2D eigenvalue weighted by atomic mass is 10.2. The number of aromatic hydroxyl groups is 1. The fourth-order valence-corrected chi connectivity index (χ4v) is 2.13. The van der Waals surface area contributed by atoms with Gasteiger partial charge in [0, 0.05) is 5.75 Å². The Labute approximate surface area is 108 Å². The van der Waals surface area contributed by atoms with E-state index in [4.69, 9.17) is 5.11 Å². The van der Waals surface area contributed by atoms with Crippen LogP contribution in [0.4, 0.5) is 14.5 Å². The number of rotatable bonds is 4. The quantitative estimate of drug-likeness (QED) is 0.650. The van der Waals surface area contributed by atoms with Gasteiger partial charge in [-0.15, -0.1) is 0 Å². The molecule has 0 amide bonds. The average molecular weight is 267 g/mol. The zero-order chi connectivity index (χ0) is 13.0. The van der Waals surface area contributed by atoms with Gasteiger partial charge in [0.1, 0.15) is 0 Å². The molecule has 0 bridgehead atoms. The Morgan fingerprint density at radius 2 is 1.72 bits per heavy atom. The Hall–Kier alpha value is -1.75. The highest BCUT2D eigenvalue weighted by Crippen LogP contribution is 2.27. The van der Waals surface area contributed by atoms with E-state index in [0.29, 0.717) is 5.75 Å². The molecule has 0 saturated heterocycles. The Balaban J connectivity index is 1.97. The molecule has 0 fully saturated rings. The average Bonchev–Trinajstić information content (AvgIpc) is 2.40. The van der Waals surface area contributed by atoms with E-state index in [9.17, 15) is 8.78 Å². The Bertz CT molecular complexity index is 534. The van der Waals surface area contributed by atoms with Gasteiger partial charge >= 0.3 is 0 Å². The van der Waals surface area contributed by atoms with Crippen LogP contribution >= 0.6 is 11.9 Å². The van der Waals surface area contributed by atoms with Crippen molar-refractivity contribution < 1.29 is 13.9 Å². The molecule has 0 heterocycles. The summed E-state index contributed by atoms with van der Waals surface area (Å²) in [4.78, 5) is 0. The van der Waals surface area contributed by atoms with Gasteiger partial charge in [0.15, 0.2) is 11.6 Å². The third-order valence-electron chi connectivity index (χ3n) is 2.33.